The number of nitrogens with zero attached hydrogens (tertiary/aromatic N) is 1. The molecule has 4 aromatic rings. The first-order valence-electron chi connectivity index (χ1n) is 8.96. The summed E-state index contributed by atoms with van der Waals surface area (Å²) >= 11 is 20.0. The molecular weight excluding hydrogens is 518 g/mol. The maximum atomic E-state index is 13.0. The molecule has 1 heterocycles. The number of benzene rings is 3. The number of rotatable bonds is 4. The summed E-state index contributed by atoms with van der Waals surface area (Å²) < 4.78 is 41.0. The summed E-state index contributed by atoms with van der Waals surface area (Å²) in [6.07, 6.45) is -4.55. The van der Waals surface area contributed by atoms with Crippen LogP contribution in [0, 0.1) is 0 Å². The average Bonchev–Trinajstić information content (AvgIpc) is 3.11. The van der Waals surface area contributed by atoms with Gasteiger partial charge in [-0.1, -0.05) is 35.0 Å². The number of alkyl halides is 3. The number of nitrogens with one attached hydrogen (secondary N) is 2. The molecule has 2 N–H and O–H groups in total. The van der Waals surface area contributed by atoms with Gasteiger partial charge in [0.2, 0.25) is 0 Å². The van der Waals surface area contributed by atoms with Gasteiger partial charge in [-0.25, -0.2) is 4.98 Å². The monoisotopic (exact) mass is 529 g/mol. The summed E-state index contributed by atoms with van der Waals surface area (Å²) in [7, 11) is 0. The van der Waals surface area contributed by atoms with Crippen molar-refractivity contribution in [2.45, 2.75) is 15.4 Å². The molecule has 0 saturated carbocycles. The smallest absolute Gasteiger partial charge is 0.332 e. The number of thiazole rings is 1. The number of anilines is 2. The van der Waals surface area contributed by atoms with Gasteiger partial charge in [0.25, 0.3) is 0 Å². The van der Waals surface area contributed by atoms with Crippen LogP contribution in [0.3, 0.4) is 0 Å². The van der Waals surface area contributed by atoms with E-state index < -0.39 is 11.7 Å². The quantitative estimate of drug-likeness (QED) is 0.259. The Morgan fingerprint density at radius 1 is 0.938 bits per heavy atom. The van der Waals surface area contributed by atoms with Gasteiger partial charge in [-0.2, -0.15) is 13.2 Å². The Labute approximate surface area is 205 Å². The summed E-state index contributed by atoms with van der Waals surface area (Å²) in [6.45, 7) is 0. The lowest BCUT2D eigenvalue weighted by Gasteiger charge is -2.14. The number of hydrogen-bond acceptors (Lipinski definition) is 4. The third-order valence-electron chi connectivity index (χ3n) is 4.18. The van der Waals surface area contributed by atoms with Gasteiger partial charge in [0.15, 0.2) is 9.45 Å². The Morgan fingerprint density at radius 3 is 2.34 bits per heavy atom. The molecule has 0 spiro atoms. The molecule has 0 fully saturated rings. The van der Waals surface area contributed by atoms with E-state index in [2.05, 4.69) is 15.6 Å². The molecule has 0 radical (unpaired) electrons. The van der Waals surface area contributed by atoms with Crippen molar-refractivity contribution in [2.24, 2.45) is 0 Å². The fourth-order valence-electron chi connectivity index (χ4n) is 2.74. The second-order valence-corrected chi connectivity index (χ2v) is 10.1. The van der Waals surface area contributed by atoms with Crippen molar-refractivity contribution < 1.29 is 13.2 Å². The summed E-state index contributed by atoms with van der Waals surface area (Å²) in [4.78, 5) is 5.56. The van der Waals surface area contributed by atoms with Gasteiger partial charge in [-0.3, -0.25) is 0 Å². The van der Waals surface area contributed by atoms with Gasteiger partial charge in [0.05, 0.1) is 20.8 Å². The highest BCUT2D eigenvalue weighted by atomic mass is 35.5. The minimum atomic E-state index is -4.55. The highest BCUT2D eigenvalue weighted by Gasteiger charge is 2.33. The SMILES string of the molecule is FC(F)(F)c1cc(NC(=S)Nc2ccc(Sc3nc4cc(Cl)ccc4s3)cc2)ccc1Cl. The molecule has 0 saturated heterocycles. The zero-order chi connectivity index (χ0) is 22.9. The van der Waals surface area contributed by atoms with Crippen LogP contribution in [0.5, 0.6) is 0 Å². The molecule has 0 unspecified atom stereocenters. The van der Waals surface area contributed by atoms with Crippen LogP contribution in [0.25, 0.3) is 10.2 Å². The average molecular weight is 530 g/mol. The maximum absolute atomic E-state index is 13.0. The van der Waals surface area contributed by atoms with E-state index in [0.717, 1.165) is 25.5 Å². The van der Waals surface area contributed by atoms with Crippen LogP contribution in [0.1, 0.15) is 5.56 Å². The van der Waals surface area contributed by atoms with E-state index in [9.17, 15) is 13.2 Å². The number of hydrogen-bond donors (Lipinski definition) is 2. The summed E-state index contributed by atoms with van der Waals surface area (Å²) in [5.74, 6) is 0. The molecule has 3 nitrogen and oxygen atoms in total. The first-order chi connectivity index (χ1) is 15.2. The highest BCUT2D eigenvalue weighted by molar-refractivity contribution is 8.01. The fourth-order valence-corrected chi connectivity index (χ4v) is 5.39. The molecule has 164 valence electrons. The zero-order valence-corrected chi connectivity index (χ0v) is 19.8. The molecule has 11 heteroatoms. The van der Waals surface area contributed by atoms with E-state index in [1.807, 2.05) is 42.5 Å². The topological polar surface area (TPSA) is 37.0 Å². The molecule has 0 amide bonds. The second-order valence-electron chi connectivity index (χ2n) is 6.49. The van der Waals surface area contributed by atoms with Gasteiger partial charge < -0.3 is 10.6 Å². The number of aromatic nitrogens is 1. The van der Waals surface area contributed by atoms with E-state index in [1.165, 1.54) is 23.9 Å². The zero-order valence-electron chi connectivity index (χ0n) is 15.8. The van der Waals surface area contributed by atoms with E-state index in [0.29, 0.717) is 10.7 Å². The molecule has 0 atom stereocenters. The normalized spacial score (nSPS) is 11.5. The van der Waals surface area contributed by atoms with Crippen LogP contribution < -0.4 is 10.6 Å². The van der Waals surface area contributed by atoms with Gasteiger partial charge >= 0.3 is 6.18 Å². The minimum absolute atomic E-state index is 0.156. The molecule has 0 aliphatic rings. The Hall–Kier alpha value is -2.04. The fraction of sp³-hybridized carbons (Fsp3) is 0.0476. The lowest BCUT2D eigenvalue weighted by Crippen LogP contribution is -2.19. The molecule has 0 aliphatic carbocycles. The largest absolute Gasteiger partial charge is 0.417 e. The molecule has 3 aromatic carbocycles. The maximum Gasteiger partial charge on any atom is 0.417 e. The summed E-state index contributed by atoms with van der Waals surface area (Å²) in [5, 5.41) is 6.13. The Morgan fingerprint density at radius 2 is 1.62 bits per heavy atom. The third kappa shape index (κ3) is 5.65. The molecule has 0 aliphatic heterocycles. The van der Waals surface area contributed by atoms with Crippen LogP contribution in [-0.4, -0.2) is 10.1 Å². The predicted octanol–water partition coefficient (Wildman–Crippen LogP) is 8.58. The lowest BCUT2D eigenvalue weighted by atomic mass is 10.2. The molecule has 0 bridgehead atoms. The highest BCUT2D eigenvalue weighted by Crippen LogP contribution is 2.37. The minimum Gasteiger partial charge on any atom is -0.332 e. The number of fused-ring (bicyclic) bond motifs is 1. The summed E-state index contributed by atoms with van der Waals surface area (Å²) in [5.41, 5.74) is 0.802. The Bertz CT molecular complexity index is 1290. The van der Waals surface area contributed by atoms with E-state index in [-0.39, 0.29) is 15.8 Å². The lowest BCUT2D eigenvalue weighted by molar-refractivity contribution is -0.137. The third-order valence-corrected chi connectivity index (χ3v) is 7.05. The summed E-state index contributed by atoms with van der Waals surface area (Å²) in [6, 6.07) is 16.6. The van der Waals surface area contributed by atoms with Crippen LogP contribution in [0.2, 0.25) is 10.0 Å². The predicted molar refractivity (Wildman–Crippen MR) is 131 cm³/mol. The van der Waals surface area contributed by atoms with Gasteiger partial charge in [-0.15, -0.1) is 11.3 Å². The van der Waals surface area contributed by atoms with Crippen molar-refractivity contribution >= 4 is 85.2 Å². The van der Waals surface area contributed by atoms with Crippen molar-refractivity contribution in [3.8, 4) is 0 Å². The standard InChI is InChI=1S/C21H12Cl2F3N3S3/c22-11-1-8-18-17(9-11)29-20(32-18)31-14-5-2-12(3-6-14)27-19(30)28-13-4-7-16(23)15(10-13)21(24,25)26/h1-10H,(H2,27,28,30). The van der Waals surface area contributed by atoms with Crippen LogP contribution >= 0.6 is 58.5 Å². The number of thiocarbonyl (C=S) groups is 1. The van der Waals surface area contributed by atoms with Crippen molar-refractivity contribution in [1.29, 1.82) is 0 Å². The van der Waals surface area contributed by atoms with Crippen LogP contribution in [0.15, 0.2) is 69.9 Å². The first kappa shape index (κ1) is 23.1. The Balaban J connectivity index is 1.39. The molecule has 32 heavy (non-hydrogen) atoms. The molecule has 4 rings (SSSR count). The van der Waals surface area contributed by atoms with E-state index in [4.69, 9.17) is 35.4 Å². The van der Waals surface area contributed by atoms with Crippen molar-refractivity contribution in [3.63, 3.8) is 0 Å². The Kier molecular flexibility index (Phi) is 6.83. The van der Waals surface area contributed by atoms with Crippen molar-refractivity contribution in [3.05, 3.63) is 76.3 Å². The number of halogens is 5. The first-order valence-corrected chi connectivity index (χ1v) is 11.8. The van der Waals surface area contributed by atoms with Crippen LogP contribution in [0.4, 0.5) is 24.5 Å². The van der Waals surface area contributed by atoms with Crippen molar-refractivity contribution in [2.75, 3.05) is 10.6 Å². The van der Waals surface area contributed by atoms with Gasteiger partial charge in [0, 0.05) is 21.3 Å². The molecule has 1 aromatic heterocycles. The van der Waals surface area contributed by atoms with Crippen molar-refractivity contribution in [1.82, 2.24) is 4.98 Å². The second kappa shape index (κ2) is 9.44. The molecular formula is C21H12Cl2F3N3S3. The van der Waals surface area contributed by atoms with Gasteiger partial charge in [-0.05, 0) is 72.9 Å². The van der Waals surface area contributed by atoms with E-state index in [1.54, 1.807) is 11.3 Å². The van der Waals surface area contributed by atoms with E-state index >= 15 is 0 Å². The van der Waals surface area contributed by atoms with Gasteiger partial charge in [0.1, 0.15) is 0 Å². The van der Waals surface area contributed by atoms with Crippen LogP contribution in [-0.2, 0) is 6.18 Å².